The summed E-state index contributed by atoms with van der Waals surface area (Å²) >= 11 is 3.36. The molecule has 1 rings (SSSR count). The van der Waals surface area contributed by atoms with Crippen molar-refractivity contribution in [2.75, 3.05) is 6.54 Å². The van der Waals surface area contributed by atoms with Crippen LogP contribution in [0.4, 0.5) is 0 Å². The van der Waals surface area contributed by atoms with Crippen LogP contribution in [0.25, 0.3) is 0 Å². The average Bonchev–Trinajstić information content (AvgIpc) is 2.17. The topological polar surface area (TPSA) is 46.2 Å². The first-order chi connectivity index (χ1) is 6.48. The van der Waals surface area contributed by atoms with E-state index in [-0.39, 0.29) is 5.92 Å². The zero-order valence-corrected chi connectivity index (χ0v) is 10.1. The maximum Gasteiger partial charge on any atom is 0.0905 e. The Morgan fingerprint density at radius 2 is 1.93 bits per heavy atom. The van der Waals surface area contributed by atoms with E-state index in [2.05, 4.69) is 15.9 Å². The van der Waals surface area contributed by atoms with Gasteiger partial charge in [0.15, 0.2) is 0 Å². The lowest BCUT2D eigenvalue weighted by Gasteiger charge is -2.30. The molecular weight excluding hydrogens is 242 g/mol. The zero-order valence-electron chi connectivity index (χ0n) is 8.50. The van der Waals surface area contributed by atoms with Crippen LogP contribution in [0.3, 0.4) is 0 Å². The molecule has 0 fully saturated rings. The van der Waals surface area contributed by atoms with E-state index >= 15 is 0 Å². The van der Waals surface area contributed by atoms with Gasteiger partial charge in [-0.25, -0.2) is 0 Å². The average molecular weight is 258 g/mol. The highest BCUT2D eigenvalue weighted by atomic mass is 79.9. The van der Waals surface area contributed by atoms with E-state index in [9.17, 15) is 5.11 Å². The Hall–Kier alpha value is -0.380. The van der Waals surface area contributed by atoms with Gasteiger partial charge in [-0.3, -0.25) is 0 Å². The Balaban J connectivity index is 2.97. The fraction of sp³-hybridized carbons (Fsp3) is 0.455. The predicted molar refractivity (Wildman–Crippen MR) is 61.9 cm³/mol. The van der Waals surface area contributed by atoms with Gasteiger partial charge in [0.2, 0.25) is 0 Å². The van der Waals surface area contributed by atoms with Crippen molar-refractivity contribution in [1.29, 1.82) is 0 Å². The molecule has 0 amide bonds. The van der Waals surface area contributed by atoms with Crippen LogP contribution >= 0.6 is 15.9 Å². The summed E-state index contributed by atoms with van der Waals surface area (Å²) in [7, 11) is 0. The molecule has 78 valence electrons. The molecule has 0 bridgehead atoms. The largest absolute Gasteiger partial charge is 0.385 e. The summed E-state index contributed by atoms with van der Waals surface area (Å²) in [6.07, 6.45) is 0. The van der Waals surface area contributed by atoms with Crippen molar-refractivity contribution in [3.8, 4) is 0 Å². The summed E-state index contributed by atoms with van der Waals surface area (Å²) in [5.74, 6) is 0.0451. The molecule has 2 atom stereocenters. The fourth-order valence-corrected chi connectivity index (χ4v) is 1.57. The first-order valence-corrected chi connectivity index (χ1v) is 5.46. The van der Waals surface area contributed by atoms with Gasteiger partial charge in [-0.05, 0) is 31.2 Å². The summed E-state index contributed by atoms with van der Waals surface area (Å²) in [6.45, 7) is 4.22. The number of rotatable bonds is 3. The zero-order chi connectivity index (χ0) is 10.8. The highest BCUT2D eigenvalue weighted by Crippen LogP contribution is 2.29. The molecular formula is C11H16BrNO. The normalized spacial score (nSPS) is 17.5. The van der Waals surface area contributed by atoms with E-state index in [0.29, 0.717) is 6.54 Å². The molecule has 2 nitrogen and oxygen atoms in total. The van der Waals surface area contributed by atoms with Crippen molar-refractivity contribution in [3.63, 3.8) is 0 Å². The SMILES string of the molecule is CC(CN)C(C)(O)c1ccc(Br)cc1. The monoisotopic (exact) mass is 257 g/mol. The molecule has 0 aromatic heterocycles. The van der Waals surface area contributed by atoms with E-state index in [1.165, 1.54) is 0 Å². The number of aliphatic hydroxyl groups is 1. The molecule has 0 heterocycles. The number of halogens is 1. The molecule has 3 N–H and O–H groups in total. The molecule has 3 heteroatoms. The van der Waals surface area contributed by atoms with Gasteiger partial charge >= 0.3 is 0 Å². The molecule has 0 saturated heterocycles. The van der Waals surface area contributed by atoms with Gasteiger partial charge in [0.05, 0.1) is 5.60 Å². The number of benzene rings is 1. The molecule has 0 saturated carbocycles. The summed E-state index contributed by atoms with van der Waals surface area (Å²) in [5, 5.41) is 10.2. The Morgan fingerprint density at radius 3 is 2.36 bits per heavy atom. The standard InChI is InChI=1S/C11H16BrNO/c1-8(7-13)11(2,14)9-3-5-10(12)6-4-9/h3-6,8,14H,7,13H2,1-2H3. The molecule has 1 aromatic carbocycles. The second-order valence-electron chi connectivity index (χ2n) is 3.79. The number of hydrogen-bond donors (Lipinski definition) is 2. The van der Waals surface area contributed by atoms with Crippen molar-refractivity contribution < 1.29 is 5.11 Å². The third-order valence-corrected chi connectivity index (χ3v) is 3.27. The minimum absolute atomic E-state index is 0.0451. The Morgan fingerprint density at radius 1 is 1.43 bits per heavy atom. The van der Waals surface area contributed by atoms with E-state index in [1.54, 1.807) is 6.92 Å². The van der Waals surface area contributed by atoms with Crippen LogP contribution in [-0.2, 0) is 5.60 Å². The molecule has 0 aliphatic heterocycles. The van der Waals surface area contributed by atoms with Gasteiger partial charge in [0, 0.05) is 10.4 Å². The first-order valence-electron chi connectivity index (χ1n) is 4.67. The van der Waals surface area contributed by atoms with Gasteiger partial charge in [0.1, 0.15) is 0 Å². The van der Waals surface area contributed by atoms with E-state index in [0.717, 1.165) is 10.0 Å². The van der Waals surface area contributed by atoms with Gasteiger partial charge in [-0.15, -0.1) is 0 Å². The molecule has 0 radical (unpaired) electrons. The quantitative estimate of drug-likeness (QED) is 0.873. The molecule has 0 aliphatic carbocycles. The summed E-state index contributed by atoms with van der Waals surface area (Å²) in [5.41, 5.74) is 5.61. The fourth-order valence-electron chi connectivity index (χ4n) is 1.30. The van der Waals surface area contributed by atoms with Crippen molar-refractivity contribution in [1.82, 2.24) is 0 Å². The van der Waals surface area contributed by atoms with Crippen LogP contribution in [-0.4, -0.2) is 11.7 Å². The highest BCUT2D eigenvalue weighted by Gasteiger charge is 2.29. The Labute approximate surface area is 93.3 Å². The molecule has 2 unspecified atom stereocenters. The highest BCUT2D eigenvalue weighted by molar-refractivity contribution is 9.10. The van der Waals surface area contributed by atoms with Crippen molar-refractivity contribution in [3.05, 3.63) is 34.3 Å². The number of nitrogens with two attached hydrogens (primary N) is 1. The Kier molecular flexibility index (Phi) is 3.70. The second kappa shape index (κ2) is 4.43. The minimum Gasteiger partial charge on any atom is -0.385 e. The van der Waals surface area contributed by atoms with E-state index in [4.69, 9.17) is 5.73 Å². The maximum atomic E-state index is 10.2. The van der Waals surface area contributed by atoms with E-state index < -0.39 is 5.60 Å². The molecule has 14 heavy (non-hydrogen) atoms. The maximum absolute atomic E-state index is 10.2. The van der Waals surface area contributed by atoms with Crippen molar-refractivity contribution in [2.45, 2.75) is 19.4 Å². The van der Waals surface area contributed by atoms with E-state index in [1.807, 2.05) is 31.2 Å². The Bertz CT molecular complexity index is 295. The lowest BCUT2D eigenvalue weighted by molar-refractivity contribution is 0.00519. The van der Waals surface area contributed by atoms with Crippen LogP contribution in [0.5, 0.6) is 0 Å². The van der Waals surface area contributed by atoms with Crippen LogP contribution in [0.15, 0.2) is 28.7 Å². The summed E-state index contributed by atoms with van der Waals surface area (Å²) in [6, 6.07) is 7.67. The van der Waals surface area contributed by atoms with Gasteiger partial charge in [-0.1, -0.05) is 35.0 Å². The smallest absolute Gasteiger partial charge is 0.0905 e. The van der Waals surface area contributed by atoms with Crippen molar-refractivity contribution >= 4 is 15.9 Å². The second-order valence-corrected chi connectivity index (χ2v) is 4.71. The van der Waals surface area contributed by atoms with Crippen LogP contribution in [0.2, 0.25) is 0 Å². The van der Waals surface area contributed by atoms with Gasteiger partial charge < -0.3 is 10.8 Å². The summed E-state index contributed by atoms with van der Waals surface area (Å²) in [4.78, 5) is 0. The molecule has 1 aromatic rings. The predicted octanol–water partition coefficient (Wildman–Crippen LogP) is 2.25. The van der Waals surface area contributed by atoms with Gasteiger partial charge in [0.25, 0.3) is 0 Å². The van der Waals surface area contributed by atoms with Crippen LogP contribution in [0, 0.1) is 5.92 Å². The first kappa shape index (κ1) is 11.7. The molecule has 0 spiro atoms. The lowest BCUT2D eigenvalue weighted by atomic mass is 9.84. The third kappa shape index (κ3) is 2.35. The molecule has 0 aliphatic rings. The lowest BCUT2D eigenvalue weighted by Crippen LogP contribution is -2.34. The van der Waals surface area contributed by atoms with Crippen molar-refractivity contribution in [2.24, 2.45) is 11.7 Å². The van der Waals surface area contributed by atoms with Gasteiger partial charge in [-0.2, -0.15) is 0 Å². The third-order valence-electron chi connectivity index (χ3n) is 2.74. The minimum atomic E-state index is -0.852. The summed E-state index contributed by atoms with van der Waals surface area (Å²) < 4.78 is 1.01. The van der Waals surface area contributed by atoms with Crippen LogP contribution < -0.4 is 5.73 Å². The number of hydrogen-bond acceptors (Lipinski definition) is 2. The van der Waals surface area contributed by atoms with Crippen LogP contribution in [0.1, 0.15) is 19.4 Å².